The van der Waals surface area contributed by atoms with Crippen molar-refractivity contribution in [1.29, 1.82) is 0 Å². The summed E-state index contributed by atoms with van der Waals surface area (Å²) in [6.07, 6.45) is 7.40. The Morgan fingerprint density at radius 3 is 2.75 bits per heavy atom. The van der Waals surface area contributed by atoms with Crippen molar-refractivity contribution in [3.05, 3.63) is 42.9 Å². The van der Waals surface area contributed by atoms with Gasteiger partial charge in [-0.2, -0.15) is 0 Å². The predicted octanol–water partition coefficient (Wildman–Crippen LogP) is 2.48. The second-order valence-electron chi connectivity index (χ2n) is 4.13. The minimum absolute atomic E-state index is 0.568. The van der Waals surface area contributed by atoms with Gasteiger partial charge in [-0.15, -0.1) is 11.8 Å². The minimum Gasteiger partial charge on any atom is -0.337 e. The first-order valence-electron chi connectivity index (χ1n) is 6.01. The molecule has 102 valence electrons. The van der Waals surface area contributed by atoms with E-state index in [9.17, 15) is 0 Å². The lowest BCUT2D eigenvalue weighted by Crippen LogP contribution is -2.11. The highest BCUT2D eigenvalue weighted by Gasteiger charge is 2.07. The second kappa shape index (κ2) is 5.40. The van der Waals surface area contributed by atoms with E-state index in [0.29, 0.717) is 11.6 Å². The summed E-state index contributed by atoms with van der Waals surface area (Å²) in [5.74, 6) is 6.66. The number of anilines is 3. The monoisotopic (exact) mass is 286 g/mol. The third kappa shape index (κ3) is 2.40. The molecule has 6 nitrogen and oxygen atoms in total. The van der Waals surface area contributed by atoms with E-state index >= 15 is 0 Å². The highest BCUT2D eigenvalue weighted by atomic mass is 32.2. The molecular weight excluding hydrogens is 272 g/mol. The fraction of sp³-hybridized carbons (Fsp3) is 0.0769. The van der Waals surface area contributed by atoms with E-state index in [0.717, 1.165) is 11.3 Å². The van der Waals surface area contributed by atoms with Crippen molar-refractivity contribution in [2.45, 2.75) is 4.90 Å². The number of thioether (sulfide) groups is 1. The molecule has 3 aromatic rings. The van der Waals surface area contributed by atoms with E-state index in [1.807, 2.05) is 22.7 Å². The summed E-state index contributed by atoms with van der Waals surface area (Å²) >= 11 is 1.71. The number of imidazole rings is 1. The fourth-order valence-electron chi connectivity index (χ4n) is 1.90. The highest BCUT2D eigenvalue weighted by molar-refractivity contribution is 7.98. The van der Waals surface area contributed by atoms with Crippen molar-refractivity contribution < 1.29 is 0 Å². The van der Waals surface area contributed by atoms with Crippen molar-refractivity contribution in [3.8, 4) is 0 Å². The number of nitrogens with two attached hydrogens (primary N) is 1. The van der Waals surface area contributed by atoms with Gasteiger partial charge in [0.2, 0.25) is 0 Å². The first kappa shape index (κ1) is 12.8. The summed E-state index contributed by atoms with van der Waals surface area (Å²) in [5.41, 5.74) is 4.25. The molecule has 0 aliphatic heterocycles. The number of benzene rings is 1. The maximum absolute atomic E-state index is 5.43. The summed E-state index contributed by atoms with van der Waals surface area (Å²) in [6, 6.07) is 8.13. The van der Waals surface area contributed by atoms with Crippen LogP contribution in [0.5, 0.6) is 0 Å². The molecule has 0 amide bonds. The first-order valence-corrected chi connectivity index (χ1v) is 7.24. The average molecular weight is 286 g/mol. The van der Waals surface area contributed by atoms with Crippen molar-refractivity contribution in [3.63, 3.8) is 0 Å². The molecule has 0 fully saturated rings. The molecule has 2 heterocycles. The maximum atomic E-state index is 5.43. The van der Waals surface area contributed by atoms with Gasteiger partial charge in [-0.25, -0.2) is 15.8 Å². The molecule has 0 spiro atoms. The predicted molar refractivity (Wildman–Crippen MR) is 82.3 cm³/mol. The first-order chi connectivity index (χ1) is 9.80. The van der Waals surface area contributed by atoms with Crippen LogP contribution in [0.4, 0.5) is 17.3 Å². The Labute approximate surface area is 120 Å². The number of hydrogen-bond acceptors (Lipinski definition) is 6. The van der Waals surface area contributed by atoms with E-state index < -0.39 is 0 Å². The number of hydrogen-bond donors (Lipinski definition) is 3. The van der Waals surface area contributed by atoms with Crippen LogP contribution in [-0.2, 0) is 0 Å². The Kier molecular flexibility index (Phi) is 3.44. The molecule has 20 heavy (non-hydrogen) atoms. The molecule has 3 rings (SSSR count). The summed E-state index contributed by atoms with van der Waals surface area (Å²) in [4.78, 5) is 9.90. The Morgan fingerprint density at radius 1 is 1.25 bits per heavy atom. The van der Waals surface area contributed by atoms with E-state index in [4.69, 9.17) is 5.84 Å². The summed E-state index contributed by atoms with van der Waals surface area (Å²) in [7, 11) is 0. The number of rotatable bonds is 4. The van der Waals surface area contributed by atoms with Crippen LogP contribution in [-0.4, -0.2) is 20.6 Å². The molecule has 0 saturated heterocycles. The zero-order chi connectivity index (χ0) is 13.9. The fourth-order valence-corrected chi connectivity index (χ4v) is 2.30. The van der Waals surface area contributed by atoms with Gasteiger partial charge in [0, 0.05) is 23.0 Å². The van der Waals surface area contributed by atoms with Gasteiger partial charge in [-0.05, 0) is 30.5 Å². The van der Waals surface area contributed by atoms with Gasteiger partial charge in [0.15, 0.2) is 17.3 Å². The van der Waals surface area contributed by atoms with Crippen molar-refractivity contribution in [1.82, 2.24) is 14.4 Å². The lowest BCUT2D eigenvalue weighted by atomic mass is 10.3. The largest absolute Gasteiger partial charge is 0.337 e. The van der Waals surface area contributed by atoms with Crippen LogP contribution in [0.15, 0.2) is 47.8 Å². The second-order valence-corrected chi connectivity index (χ2v) is 5.01. The van der Waals surface area contributed by atoms with Crippen molar-refractivity contribution in [2.24, 2.45) is 5.84 Å². The molecule has 0 aliphatic carbocycles. The normalized spacial score (nSPS) is 10.7. The number of nitrogens with zero attached hydrogens (tertiary/aromatic N) is 3. The van der Waals surface area contributed by atoms with E-state index in [-0.39, 0.29) is 0 Å². The van der Waals surface area contributed by atoms with Crippen LogP contribution in [0, 0.1) is 0 Å². The Balaban J connectivity index is 1.98. The lowest BCUT2D eigenvalue weighted by molar-refractivity contribution is 1.11. The summed E-state index contributed by atoms with van der Waals surface area (Å²) < 4.78 is 1.86. The molecule has 1 aromatic carbocycles. The molecular formula is C13H14N6S. The van der Waals surface area contributed by atoms with Gasteiger partial charge in [-0.3, -0.25) is 0 Å². The Hall–Kier alpha value is -2.25. The van der Waals surface area contributed by atoms with Crippen LogP contribution in [0.1, 0.15) is 0 Å². The Bertz CT molecular complexity index is 721. The molecule has 0 atom stereocenters. The molecule has 0 radical (unpaired) electrons. The zero-order valence-electron chi connectivity index (χ0n) is 10.9. The molecule has 0 aliphatic rings. The zero-order valence-corrected chi connectivity index (χ0v) is 11.7. The van der Waals surface area contributed by atoms with Gasteiger partial charge in [0.25, 0.3) is 0 Å². The van der Waals surface area contributed by atoms with E-state index in [2.05, 4.69) is 39.1 Å². The third-order valence-electron chi connectivity index (χ3n) is 2.87. The minimum atomic E-state index is 0.568. The van der Waals surface area contributed by atoms with Crippen molar-refractivity contribution >= 4 is 34.7 Å². The third-order valence-corrected chi connectivity index (χ3v) is 3.62. The smallest absolute Gasteiger partial charge is 0.180 e. The number of fused-ring (bicyclic) bond motifs is 1. The average Bonchev–Trinajstić information content (AvgIpc) is 2.96. The lowest BCUT2D eigenvalue weighted by Gasteiger charge is -2.09. The van der Waals surface area contributed by atoms with Crippen LogP contribution in [0.25, 0.3) is 5.65 Å². The number of nitrogen functional groups attached to an aromatic ring is 1. The maximum Gasteiger partial charge on any atom is 0.180 e. The van der Waals surface area contributed by atoms with E-state index in [1.54, 1.807) is 24.2 Å². The SMILES string of the molecule is CSc1ccc(Nc2nc(NN)cn3ccnc23)cc1. The van der Waals surface area contributed by atoms with Crippen LogP contribution in [0.2, 0.25) is 0 Å². The molecule has 0 saturated carbocycles. The summed E-state index contributed by atoms with van der Waals surface area (Å²) in [6.45, 7) is 0. The standard InChI is InChI=1S/C13H14N6S/c1-20-10-4-2-9(3-5-10)16-12-13-15-6-7-19(13)8-11(17-12)18-14/h2-8,18H,14H2,1H3,(H,16,17). The summed E-state index contributed by atoms with van der Waals surface area (Å²) in [5, 5.41) is 3.26. The van der Waals surface area contributed by atoms with Gasteiger partial charge in [0.1, 0.15) is 0 Å². The van der Waals surface area contributed by atoms with Crippen molar-refractivity contribution in [2.75, 3.05) is 17.0 Å². The number of hydrazine groups is 1. The molecule has 2 aromatic heterocycles. The van der Waals surface area contributed by atoms with Gasteiger partial charge in [-0.1, -0.05) is 0 Å². The quantitative estimate of drug-likeness (QED) is 0.388. The molecule has 4 N–H and O–H groups in total. The van der Waals surface area contributed by atoms with Gasteiger partial charge < -0.3 is 15.1 Å². The van der Waals surface area contributed by atoms with Gasteiger partial charge in [0.05, 0.1) is 6.20 Å². The molecule has 7 heteroatoms. The number of nitrogens with one attached hydrogen (secondary N) is 2. The van der Waals surface area contributed by atoms with Crippen LogP contribution < -0.4 is 16.6 Å². The topological polar surface area (TPSA) is 80.3 Å². The molecule has 0 bridgehead atoms. The molecule has 0 unspecified atom stereocenters. The van der Waals surface area contributed by atoms with Crippen LogP contribution >= 0.6 is 11.8 Å². The van der Waals surface area contributed by atoms with Gasteiger partial charge >= 0.3 is 0 Å². The number of aromatic nitrogens is 3. The highest BCUT2D eigenvalue weighted by Crippen LogP contribution is 2.23. The van der Waals surface area contributed by atoms with Crippen LogP contribution in [0.3, 0.4) is 0 Å². The Morgan fingerprint density at radius 2 is 2.05 bits per heavy atom. The van der Waals surface area contributed by atoms with E-state index in [1.165, 1.54) is 4.90 Å².